The standard InChI is InChI=1S/C20H18N2O6/c23-19-18(6-8-21(19)16-2-1-3-17(11-16)22(25)26)28-20(24)14-5-4-13-7-9-27-12-15(13)10-14/h1-5,10-11,18H,6-9,12H2. The SMILES string of the molecule is O=C(OC1CCN(c2cccc([N+](=O)[O-])c2)C1=O)c1ccc2c(c1)COCC2. The Labute approximate surface area is 160 Å². The normalized spacial score (nSPS) is 18.6. The van der Waals surface area contributed by atoms with E-state index in [-0.39, 0.29) is 11.6 Å². The van der Waals surface area contributed by atoms with Crippen molar-refractivity contribution in [3.8, 4) is 0 Å². The third-order valence-corrected chi connectivity index (χ3v) is 4.97. The fourth-order valence-corrected chi connectivity index (χ4v) is 3.49. The summed E-state index contributed by atoms with van der Waals surface area (Å²) in [6.07, 6.45) is 0.240. The zero-order chi connectivity index (χ0) is 19.7. The van der Waals surface area contributed by atoms with Gasteiger partial charge < -0.3 is 14.4 Å². The molecule has 1 unspecified atom stereocenters. The van der Waals surface area contributed by atoms with E-state index in [4.69, 9.17) is 9.47 Å². The minimum Gasteiger partial charge on any atom is -0.449 e. The summed E-state index contributed by atoms with van der Waals surface area (Å²) in [5.41, 5.74) is 2.81. The largest absolute Gasteiger partial charge is 0.449 e. The van der Waals surface area contributed by atoms with Crippen molar-refractivity contribution in [3.63, 3.8) is 0 Å². The number of non-ortho nitro benzene ring substituents is 1. The maximum atomic E-state index is 12.6. The number of ether oxygens (including phenoxy) is 2. The number of carbonyl (C=O) groups excluding carboxylic acids is 2. The van der Waals surface area contributed by atoms with Gasteiger partial charge in [-0.15, -0.1) is 0 Å². The summed E-state index contributed by atoms with van der Waals surface area (Å²) >= 11 is 0. The molecule has 0 aromatic heterocycles. The first-order valence-corrected chi connectivity index (χ1v) is 8.99. The van der Waals surface area contributed by atoms with Crippen molar-refractivity contribution in [2.24, 2.45) is 0 Å². The fraction of sp³-hybridized carbons (Fsp3) is 0.300. The summed E-state index contributed by atoms with van der Waals surface area (Å²) in [6, 6.07) is 11.2. The third-order valence-electron chi connectivity index (χ3n) is 4.97. The molecule has 0 N–H and O–H groups in total. The van der Waals surface area contributed by atoms with Crippen molar-refractivity contribution >= 4 is 23.3 Å². The molecule has 1 saturated heterocycles. The van der Waals surface area contributed by atoms with Gasteiger partial charge in [-0.2, -0.15) is 0 Å². The maximum Gasteiger partial charge on any atom is 0.338 e. The van der Waals surface area contributed by atoms with Gasteiger partial charge >= 0.3 is 5.97 Å². The lowest BCUT2D eigenvalue weighted by molar-refractivity contribution is -0.384. The van der Waals surface area contributed by atoms with Gasteiger partial charge in [-0.05, 0) is 35.7 Å². The van der Waals surface area contributed by atoms with E-state index >= 15 is 0 Å². The highest BCUT2D eigenvalue weighted by Crippen LogP contribution is 2.27. The Bertz CT molecular complexity index is 957. The lowest BCUT2D eigenvalue weighted by Gasteiger charge is -2.18. The average Bonchev–Trinajstić information content (AvgIpc) is 3.08. The van der Waals surface area contributed by atoms with Crippen LogP contribution in [0, 0.1) is 10.1 Å². The highest BCUT2D eigenvalue weighted by Gasteiger charge is 2.36. The van der Waals surface area contributed by atoms with Crippen LogP contribution in [0.4, 0.5) is 11.4 Å². The number of nitro groups is 1. The van der Waals surface area contributed by atoms with Gasteiger partial charge in [0, 0.05) is 25.1 Å². The number of nitrogens with zero attached hydrogens (tertiary/aromatic N) is 2. The molecule has 0 aliphatic carbocycles. The Morgan fingerprint density at radius 1 is 1.21 bits per heavy atom. The highest BCUT2D eigenvalue weighted by molar-refractivity contribution is 6.01. The first-order chi connectivity index (χ1) is 13.5. The number of fused-ring (bicyclic) bond motifs is 1. The second-order valence-corrected chi connectivity index (χ2v) is 6.74. The summed E-state index contributed by atoms with van der Waals surface area (Å²) in [6.45, 7) is 1.45. The van der Waals surface area contributed by atoms with Crippen LogP contribution in [0.15, 0.2) is 42.5 Å². The lowest BCUT2D eigenvalue weighted by atomic mass is 10.0. The third kappa shape index (κ3) is 3.46. The molecule has 1 atom stereocenters. The van der Waals surface area contributed by atoms with Crippen LogP contribution < -0.4 is 4.90 Å². The van der Waals surface area contributed by atoms with E-state index in [2.05, 4.69) is 0 Å². The minimum absolute atomic E-state index is 0.0953. The summed E-state index contributed by atoms with van der Waals surface area (Å²) in [4.78, 5) is 37.0. The van der Waals surface area contributed by atoms with Gasteiger partial charge in [0.1, 0.15) is 0 Å². The maximum absolute atomic E-state index is 12.6. The lowest BCUT2D eigenvalue weighted by Crippen LogP contribution is -2.32. The van der Waals surface area contributed by atoms with Crippen LogP contribution in [0.1, 0.15) is 27.9 Å². The van der Waals surface area contributed by atoms with E-state index in [9.17, 15) is 19.7 Å². The Morgan fingerprint density at radius 3 is 2.89 bits per heavy atom. The Hall–Kier alpha value is -3.26. The number of hydrogen-bond acceptors (Lipinski definition) is 6. The number of rotatable bonds is 4. The number of hydrogen-bond donors (Lipinski definition) is 0. The molecule has 2 aliphatic heterocycles. The highest BCUT2D eigenvalue weighted by atomic mass is 16.6. The molecular weight excluding hydrogens is 364 g/mol. The Kier molecular flexibility index (Phi) is 4.79. The van der Waals surface area contributed by atoms with Gasteiger partial charge in [0.15, 0.2) is 6.10 Å². The zero-order valence-corrected chi connectivity index (χ0v) is 15.0. The van der Waals surface area contributed by atoms with E-state index < -0.39 is 17.0 Å². The van der Waals surface area contributed by atoms with E-state index in [0.717, 1.165) is 17.5 Å². The molecule has 8 heteroatoms. The molecule has 0 radical (unpaired) electrons. The number of nitro benzene ring substituents is 1. The van der Waals surface area contributed by atoms with Crippen molar-refractivity contribution in [2.45, 2.75) is 25.6 Å². The monoisotopic (exact) mass is 382 g/mol. The topological polar surface area (TPSA) is 99.0 Å². The quantitative estimate of drug-likeness (QED) is 0.458. The molecule has 8 nitrogen and oxygen atoms in total. The summed E-state index contributed by atoms with van der Waals surface area (Å²) in [7, 11) is 0. The van der Waals surface area contributed by atoms with Crippen molar-refractivity contribution in [3.05, 3.63) is 69.3 Å². The molecular formula is C20H18N2O6. The van der Waals surface area contributed by atoms with Gasteiger partial charge in [-0.1, -0.05) is 12.1 Å². The summed E-state index contributed by atoms with van der Waals surface area (Å²) in [5.74, 6) is -0.942. The second kappa shape index (κ2) is 7.40. The number of anilines is 1. The van der Waals surface area contributed by atoms with Gasteiger partial charge in [-0.25, -0.2) is 4.79 Å². The molecule has 2 heterocycles. The average molecular weight is 382 g/mol. The molecule has 2 aromatic rings. The zero-order valence-electron chi connectivity index (χ0n) is 15.0. The molecule has 1 amide bonds. The molecule has 4 rings (SSSR count). The van der Waals surface area contributed by atoms with Gasteiger partial charge in [0.05, 0.1) is 29.4 Å². The van der Waals surface area contributed by atoms with Crippen LogP contribution in [0.25, 0.3) is 0 Å². The molecule has 2 aromatic carbocycles. The second-order valence-electron chi connectivity index (χ2n) is 6.74. The van der Waals surface area contributed by atoms with Crippen LogP contribution in [-0.2, 0) is 27.3 Å². The van der Waals surface area contributed by atoms with Crippen LogP contribution in [0.2, 0.25) is 0 Å². The van der Waals surface area contributed by atoms with Crippen LogP contribution in [0.3, 0.4) is 0 Å². The summed E-state index contributed by atoms with van der Waals surface area (Å²) in [5, 5.41) is 10.9. The molecule has 0 saturated carbocycles. The van der Waals surface area contributed by atoms with Crippen LogP contribution >= 0.6 is 0 Å². The molecule has 1 fully saturated rings. The van der Waals surface area contributed by atoms with E-state index in [1.165, 1.54) is 23.1 Å². The number of carbonyl (C=O) groups is 2. The van der Waals surface area contributed by atoms with Gasteiger partial charge in [0.2, 0.25) is 0 Å². The van der Waals surface area contributed by atoms with Crippen LogP contribution in [0.5, 0.6) is 0 Å². The smallest absolute Gasteiger partial charge is 0.338 e. The van der Waals surface area contributed by atoms with E-state index in [1.54, 1.807) is 18.2 Å². The van der Waals surface area contributed by atoms with Crippen LogP contribution in [-0.4, -0.2) is 36.1 Å². The summed E-state index contributed by atoms with van der Waals surface area (Å²) < 4.78 is 10.8. The van der Waals surface area contributed by atoms with Gasteiger partial charge in [0.25, 0.3) is 11.6 Å². The molecule has 144 valence electrons. The number of esters is 1. The number of benzene rings is 2. The fourth-order valence-electron chi connectivity index (χ4n) is 3.49. The number of amides is 1. The minimum atomic E-state index is -0.904. The van der Waals surface area contributed by atoms with Gasteiger partial charge in [-0.3, -0.25) is 14.9 Å². The van der Waals surface area contributed by atoms with Crippen molar-refractivity contribution in [1.29, 1.82) is 0 Å². The molecule has 28 heavy (non-hydrogen) atoms. The van der Waals surface area contributed by atoms with Crippen molar-refractivity contribution in [2.75, 3.05) is 18.1 Å². The van der Waals surface area contributed by atoms with Crippen molar-refractivity contribution < 1.29 is 24.0 Å². The van der Waals surface area contributed by atoms with Crippen molar-refractivity contribution in [1.82, 2.24) is 0 Å². The Morgan fingerprint density at radius 2 is 2.07 bits per heavy atom. The predicted molar refractivity (Wildman–Crippen MR) is 99.1 cm³/mol. The first kappa shape index (κ1) is 18.1. The molecule has 0 bridgehead atoms. The van der Waals surface area contributed by atoms with E-state index in [1.807, 2.05) is 6.07 Å². The predicted octanol–water partition coefficient (Wildman–Crippen LogP) is 2.63. The van der Waals surface area contributed by atoms with E-state index in [0.29, 0.717) is 37.4 Å². The Balaban J connectivity index is 1.46. The molecule has 0 spiro atoms. The molecule has 2 aliphatic rings. The first-order valence-electron chi connectivity index (χ1n) is 8.99.